The van der Waals surface area contributed by atoms with Crippen molar-refractivity contribution in [3.63, 3.8) is 0 Å². The molecule has 12 rings (SSSR count). The highest BCUT2D eigenvalue weighted by molar-refractivity contribution is 6.08. The molecule has 10 aromatic carbocycles. The maximum atomic E-state index is 5.51. The minimum atomic E-state index is 0.845. The summed E-state index contributed by atoms with van der Waals surface area (Å²) in [4.78, 5) is 16.1. The van der Waals surface area contributed by atoms with E-state index in [2.05, 4.69) is 217 Å². The summed E-state index contributed by atoms with van der Waals surface area (Å²) in [5, 5.41) is 4.81. The smallest absolute Gasteiger partial charge is 0.145 e. The first-order valence-corrected chi connectivity index (χ1v) is 21.4. The Morgan fingerprint density at radius 3 is 1.32 bits per heavy atom. The average Bonchev–Trinajstić information content (AvgIpc) is 3.76. The molecule has 0 spiro atoms. The highest BCUT2D eigenvalue weighted by Crippen LogP contribution is 2.42. The van der Waals surface area contributed by atoms with Crippen LogP contribution in [0.3, 0.4) is 0 Å². The molecule has 0 saturated carbocycles. The van der Waals surface area contributed by atoms with Gasteiger partial charge in [-0.25, -0.2) is 15.0 Å². The predicted molar refractivity (Wildman–Crippen MR) is 262 cm³/mol. The van der Waals surface area contributed by atoms with Crippen LogP contribution < -0.4 is 0 Å². The van der Waals surface area contributed by atoms with Gasteiger partial charge in [-0.2, -0.15) is 0 Å². The minimum absolute atomic E-state index is 0.845. The highest BCUT2D eigenvalue weighted by Gasteiger charge is 2.20. The van der Waals surface area contributed by atoms with Crippen LogP contribution in [-0.4, -0.2) is 19.5 Å². The number of aromatic nitrogens is 4. The monoisotopic (exact) mass is 802 g/mol. The first-order chi connectivity index (χ1) is 31.2. The summed E-state index contributed by atoms with van der Waals surface area (Å²) in [5.41, 5.74) is 16.5. The van der Waals surface area contributed by atoms with Crippen LogP contribution in [0.2, 0.25) is 0 Å². The van der Waals surface area contributed by atoms with Gasteiger partial charge in [-0.15, -0.1) is 0 Å². The number of imidazole rings is 1. The number of hydrogen-bond donors (Lipinski definition) is 0. The maximum absolute atomic E-state index is 5.51. The Labute approximate surface area is 365 Å². The molecule has 2 heterocycles. The second kappa shape index (κ2) is 15.2. The van der Waals surface area contributed by atoms with E-state index in [9.17, 15) is 0 Å². The minimum Gasteiger partial charge on any atom is -0.292 e. The molecule has 0 aliphatic carbocycles. The molecule has 63 heavy (non-hydrogen) atoms. The third kappa shape index (κ3) is 6.44. The number of hydrogen-bond acceptors (Lipinski definition) is 3. The molecule has 0 fully saturated rings. The lowest BCUT2D eigenvalue weighted by Crippen LogP contribution is -1.98. The fraction of sp³-hybridized carbons (Fsp3) is 0. The van der Waals surface area contributed by atoms with Gasteiger partial charge in [-0.1, -0.05) is 194 Å². The van der Waals surface area contributed by atoms with Gasteiger partial charge < -0.3 is 0 Å². The second-order valence-corrected chi connectivity index (χ2v) is 16.0. The van der Waals surface area contributed by atoms with Crippen molar-refractivity contribution >= 4 is 43.6 Å². The standard InChI is InChI=1S/C59H38N4/c1-3-17-43(18-4-1)57-58(44-33-29-39(30-34-44)40-31-35-45(36-32-40)59-62-53-27-11-12-28-56(53)63(59)46-21-5-2-6-22-46)61-55-38-52(50-26-14-20-42-16-8-10-24-48(42)50)51(37-54(55)60-57)49-25-13-19-41-15-7-9-23-47(41)49/h1-38H. The molecular formula is C59H38N4. The molecule has 2 aromatic heterocycles. The SMILES string of the molecule is c1ccc(-c2nc3cc(-c4cccc5ccccc45)c(-c4cccc5ccccc45)cc3nc2-c2ccc(-c3ccc(-c4nc5ccccc5n4-c4ccccc4)cc3)cc2)cc1. The zero-order chi connectivity index (χ0) is 41.7. The fourth-order valence-corrected chi connectivity index (χ4v) is 9.16. The van der Waals surface area contributed by atoms with Gasteiger partial charge in [-0.3, -0.25) is 4.57 Å². The van der Waals surface area contributed by atoms with Crippen molar-refractivity contribution in [3.05, 3.63) is 231 Å². The van der Waals surface area contributed by atoms with Crippen molar-refractivity contribution < 1.29 is 0 Å². The highest BCUT2D eigenvalue weighted by atomic mass is 15.1. The molecule has 0 radical (unpaired) electrons. The van der Waals surface area contributed by atoms with Crippen LogP contribution in [0, 0.1) is 0 Å². The van der Waals surface area contributed by atoms with Crippen LogP contribution in [0.25, 0.3) is 117 Å². The van der Waals surface area contributed by atoms with Gasteiger partial charge in [0.2, 0.25) is 0 Å². The molecule has 0 amide bonds. The van der Waals surface area contributed by atoms with Gasteiger partial charge in [0, 0.05) is 22.4 Å². The molecule has 0 atom stereocenters. The average molecular weight is 803 g/mol. The molecule has 4 nitrogen and oxygen atoms in total. The number of fused-ring (bicyclic) bond motifs is 4. The van der Waals surface area contributed by atoms with E-state index in [1.54, 1.807) is 0 Å². The third-order valence-electron chi connectivity index (χ3n) is 12.2. The largest absolute Gasteiger partial charge is 0.292 e. The van der Waals surface area contributed by atoms with E-state index < -0.39 is 0 Å². The quantitative estimate of drug-likeness (QED) is 0.161. The molecule has 294 valence electrons. The number of benzene rings is 10. The van der Waals surface area contributed by atoms with E-state index in [0.29, 0.717) is 0 Å². The Bertz CT molecular complexity index is 3640. The Kier molecular flexibility index (Phi) is 8.79. The van der Waals surface area contributed by atoms with E-state index in [1.807, 2.05) is 18.2 Å². The Balaban J connectivity index is 0.981. The Morgan fingerprint density at radius 1 is 0.286 bits per heavy atom. The number of para-hydroxylation sites is 3. The summed E-state index contributed by atoms with van der Waals surface area (Å²) in [6, 6.07) is 81.5. The maximum Gasteiger partial charge on any atom is 0.145 e. The lowest BCUT2D eigenvalue weighted by atomic mass is 9.88. The zero-order valence-corrected chi connectivity index (χ0v) is 34.2. The molecule has 0 unspecified atom stereocenters. The van der Waals surface area contributed by atoms with Crippen molar-refractivity contribution in [2.24, 2.45) is 0 Å². The van der Waals surface area contributed by atoms with E-state index in [0.717, 1.165) is 83.9 Å². The van der Waals surface area contributed by atoms with Gasteiger partial charge >= 0.3 is 0 Å². The Hall–Kier alpha value is -8.47. The van der Waals surface area contributed by atoms with E-state index >= 15 is 0 Å². The van der Waals surface area contributed by atoms with E-state index in [-0.39, 0.29) is 0 Å². The van der Waals surface area contributed by atoms with Crippen molar-refractivity contribution in [3.8, 4) is 73.0 Å². The van der Waals surface area contributed by atoms with Gasteiger partial charge in [0.05, 0.1) is 33.5 Å². The molecule has 0 N–H and O–H groups in total. The Morgan fingerprint density at radius 2 is 0.730 bits per heavy atom. The molecular weight excluding hydrogens is 765 g/mol. The summed E-state index contributed by atoms with van der Waals surface area (Å²) >= 11 is 0. The summed E-state index contributed by atoms with van der Waals surface area (Å²) in [6.45, 7) is 0. The van der Waals surface area contributed by atoms with Gasteiger partial charge in [-0.05, 0) is 91.3 Å². The van der Waals surface area contributed by atoms with E-state index in [4.69, 9.17) is 15.0 Å². The molecule has 0 aliphatic rings. The van der Waals surface area contributed by atoms with Gasteiger partial charge in [0.15, 0.2) is 0 Å². The van der Waals surface area contributed by atoms with Crippen LogP contribution in [0.5, 0.6) is 0 Å². The zero-order valence-electron chi connectivity index (χ0n) is 34.2. The molecule has 12 aromatic rings. The fourth-order valence-electron chi connectivity index (χ4n) is 9.16. The van der Waals surface area contributed by atoms with Gasteiger partial charge in [0.25, 0.3) is 0 Å². The van der Waals surface area contributed by atoms with Crippen molar-refractivity contribution in [1.29, 1.82) is 0 Å². The summed E-state index contributed by atoms with van der Waals surface area (Å²) < 4.78 is 2.24. The predicted octanol–water partition coefficient (Wildman–Crippen LogP) is 15.3. The number of nitrogens with zero attached hydrogens (tertiary/aromatic N) is 4. The van der Waals surface area contributed by atoms with Crippen molar-refractivity contribution in [1.82, 2.24) is 19.5 Å². The van der Waals surface area contributed by atoms with E-state index in [1.165, 1.54) is 32.7 Å². The van der Waals surface area contributed by atoms with Crippen LogP contribution in [0.15, 0.2) is 231 Å². The number of rotatable bonds is 7. The van der Waals surface area contributed by atoms with Crippen molar-refractivity contribution in [2.75, 3.05) is 0 Å². The molecule has 0 bridgehead atoms. The molecule has 0 aliphatic heterocycles. The lowest BCUT2D eigenvalue weighted by molar-refractivity contribution is 1.10. The first-order valence-electron chi connectivity index (χ1n) is 21.4. The molecule has 4 heteroatoms. The topological polar surface area (TPSA) is 43.6 Å². The van der Waals surface area contributed by atoms with Crippen LogP contribution in [0.4, 0.5) is 0 Å². The van der Waals surface area contributed by atoms with Crippen LogP contribution in [0.1, 0.15) is 0 Å². The van der Waals surface area contributed by atoms with Crippen LogP contribution in [-0.2, 0) is 0 Å². The third-order valence-corrected chi connectivity index (χ3v) is 12.2. The first kappa shape index (κ1) is 36.4. The van der Waals surface area contributed by atoms with Gasteiger partial charge in [0.1, 0.15) is 5.82 Å². The second-order valence-electron chi connectivity index (χ2n) is 16.0. The van der Waals surface area contributed by atoms with Crippen molar-refractivity contribution in [2.45, 2.75) is 0 Å². The summed E-state index contributed by atoms with van der Waals surface area (Å²) in [6.07, 6.45) is 0. The van der Waals surface area contributed by atoms with Crippen LogP contribution >= 0.6 is 0 Å². The molecule has 0 saturated heterocycles. The normalized spacial score (nSPS) is 11.5. The summed E-state index contributed by atoms with van der Waals surface area (Å²) in [5.74, 6) is 0.917. The summed E-state index contributed by atoms with van der Waals surface area (Å²) in [7, 11) is 0. The lowest BCUT2D eigenvalue weighted by Gasteiger charge is -2.17.